The van der Waals surface area contributed by atoms with E-state index in [0.717, 1.165) is 27.8 Å². The number of aromatic nitrogens is 1. The smallest absolute Gasteiger partial charge is 0.119 e. The molecule has 3 aromatic rings. The minimum absolute atomic E-state index is 0.694. The molecule has 0 aliphatic carbocycles. The third-order valence-corrected chi connectivity index (χ3v) is 3.46. The lowest BCUT2D eigenvalue weighted by atomic mass is 10.1. The van der Waals surface area contributed by atoms with E-state index in [0.29, 0.717) is 6.54 Å². The van der Waals surface area contributed by atoms with E-state index in [1.54, 1.807) is 7.11 Å². The van der Waals surface area contributed by atoms with Gasteiger partial charge in [0.2, 0.25) is 0 Å². The summed E-state index contributed by atoms with van der Waals surface area (Å²) >= 11 is 0. The van der Waals surface area contributed by atoms with Gasteiger partial charge in [0.05, 0.1) is 18.7 Å². The van der Waals surface area contributed by atoms with Gasteiger partial charge < -0.3 is 9.30 Å². The van der Waals surface area contributed by atoms with Crippen molar-refractivity contribution in [2.24, 2.45) is 0 Å². The molecular formula is C17H14N2O. The van der Waals surface area contributed by atoms with Crippen LogP contribution in [0, 0.1) is 11.3 Å². The summed E-state index contributed by atoms with van der Waals surface area (Å²) in [5, 5.41) is 10.3. The molecule has 0 atom stereocenters. The second-order valence-electron chi connectivity index (χ2n) is 4.64. The van der Waals surface area contributed by atoms with E-state index in [2.05, 4.69) is 16.7 Å². The van der Waals surface area contributed by atoms with E-state index in [1.807, 2.05) is 48.7 Å². The number of benzene rings is 2. The van der Waals surface area contributed by atoms with Gasteiger partial charge in [-0.3, -0.25) is 0 Å². The Labute approximate surface area is 117 Å². The first-order valence-corrected chi connectivity index (χ1v) is 6.42. The highest BCUT2D eigenvalue weighted by Crippen LogP contribution is 2.23. The molecule has 3 rings (SSSR count). The molecule has 0 aliphatic heterocycles. The molecule has 0 N–H and O–H groups in total. The van der Waals surface area contributed by atoms with Gasteiger partial charge in [-0.1, -0.05) is 18.2 Å². The lowest BCUT2D eigenvalue weighted by Gasteiger charge is -2.08. The Balaban J connectivity index is 2.01. The number of nitriles is 1. The van der Waals surface area contributed by atoms with Crippen LogP contribution in [0.2, 0.25) is 0 Å². The van der Waals surface area contributed by atoms with E-state index in [9.17, 15) is 0 Å². The molecule has 0 fully saturated rings. The van der Waals surface area contributed by atoms with Gasteiger partial charge >= 0.3 is 0 Å². The molecule has 0 saturated carbocycles. The van der Waals surface area contributed by atoms with Crippen LogP contribution < -0.4 is 4.74 Å². The second-order valence-corrected chi connectivity index (χ2v) is 4.64. The van der Waals surface area contributed by atoms with Gasteiger partial charge in [0.25, 0.3) is 0 Å². The fourth-order valence-corrected chi connectivity index (χ4v) is 2.39. The highest BCUT2D eigenvalue weighted by atomic mass is 16.5. The Morgan fingerprint density at radius 3 is 2.80 bits per heavy atom. The zero-order valence-corrected chi connectivity index (χ0v) is 11.2. The Bertz CT molecular complexity index is 796. The van der Waals surface area contributed by atoms with Crippen molar-refractivity contribution in [3.8, 4) is 11.8 Å². The topological polar surface area (TPSA) is 38.0 Å². The number of rotatable bonds is 3. The Morgan fingerprint density at radius 1 is 1.15 bits per heavy atom. The Morgan fingerprint density at radius 2 is 2.00 bits per heavy atom. The lowest BCUT2D eigenvalue weighted by Crippen LogP contribution is -2.00. The largest absolute Gasteiger partial charge is 0.497 e. The molecule has 0 unspecified atom stereocenters. The van der Waals surface area contributed by atoms with E-state index in [4.69, 9.17) is 10.00 Å². The van der Waals surface area contributed by atoms with Crippen LogP contribution in [0.4, 0.5) is 0 Å². The van der Waals surface area contributed by atoms with Crippen molar-refractivity contribution in [1.82, 2.24) is 4.57 Å². The molecule has 0 amide bonds. The van der Waals surface area contributed by atoms with Crippen LogP contribution >= 0.6 is 0 Å². The number of fused-ring (bicyclic) bond motifs is 1. The molecule has 3 heteroatoms. The van der Waals surface area contributed by atoms with Crippen LogP contribution in [-0.2, 0) is 6.54 Å². The number of hydrogen-bond donors (Lipinski definition) is 0. The first-order chi connectivity index (χ1) is 9.81. The molecule has 98 valence electrons. The molecule has 0 bridgehead atoms. The van der Waals surface area contributed by atoms with Gasteiger partial charge in [0.1, 0.15) is 5.75 Å². The van der Waals surface area contributed by atoms with E-state index >= 15 is 0 Å². The molecule has 1 aromatic heterocycles. The minimum Gasteiger partial charge on any atom is -0.497 e. The average molecular weight is 262 g/mol. The highest BCUT2D eigenvalue weighted by Gasteiger charge is 2.06. The first kappa shape index (κ1) is 12.3. The normalized spacial score (nSPS) is 10.4. The Hall–Kier alpha value is -2.73. The van der Waals surface area contributed by atoms with E-state index in [-0.39, 0.29) is 0 Å². The minimum atomic E-state index is 0.694. The van der Waals surface area contributed by atoms with Crippen LogP contribution in [0.15, 0.2) is 54.7 Å². The number of methoxy groups -OCH3 is 1. The van der Waals surface area contributed by atoms with Crippen LogP contribution in [0.1, 0.15) is 11.1 Å². The SMILES string of the molecule is COc1ccc2c(ccn2Cc2ccccc2C#N)c1. The predicted octanol–water partition coefficient (Wildman–Crippen LogP) is 3.57. The van der Waals surface area contributed by atoms with Crippen molar-refractivity contribution in [2.75, 3.05) is 7.11 Å². The zero-order valence-electron chi connectivity index (χ0n) is 11.2. The summed E-state index contributed by atoms with van der Waals surface area (Å²) in [6.07, 6.45) is 2.04. The summed E-state index contributed by atoms with van der Waals surface area (Å²) in [6.45, 7) is 0.694. The predicted molar refractivity (Wildman–Crippen MR) is 78.7 cm³/mol. The molecule has 3 nitrogen and oxygen atoms in total. The van der Waals surface area contributed by atoms with Crippen LogP contribution in [0.3, 0.4) is 0 Å². The third kappa shape index (κ3) is 2.12. The third-order valence-electron chi connectivity index (χ3n) is 3.46. The maximum absolute atomic E-state index is 9.15. The first-order valence-electron chi connectivity index (χ1n) is 6.42. The highest BCUT2D eigenvalue weighted by molar-refractivity contribution is 5.81. The molecular weight excluding hydrogens is 248 g/mol. The quantitative estimate of drug-likeness (QED) is 0.723. The van der Waals surface area contributed by atoms with Crippen LogP contribution in [0.25, 0.3) is 10.9 Å². The number of nitrogens with zero attached hydrogens (tertiary/aromatic N) is 2. The molecule has 0 spiro atoms. The monoisotopic (exact) mass is 262 g/mol. The maximum atomic E-state index is 9.15. The van der Waals surface area contributed by atoms with Crippen molar-refractivity contribution >= 4 is 10.9 Å². The van der Waals surface area contributed by atoms with Gasteiger partial charge in [0.15, 0.2) is 0 Å². The Kier molecular flexibility index (Phi) is 3.14. The van der Waals surface area contributed by atoms with Crippen molar-refractivity contribution in [3.05, 3.63) is 65.9 Å². The second kappa shape index (κ2) is 5.10. The van der Waals surface area contributed by atoms with Gasteiger partial charge in [-0.2, -0.15) is 5.26 Å². The average Bonchev–Trinajstić information content (AvgIpc) is 2.90. The fraction of sp³-hybridized carbons (Fsp3) is 0.118. The van der Waals surface area contributed by atoms with Crippen molar-refractivity contribution in [3.63, 3.8) is 0 Å². The standard InChI is InChI=1S/C17H14N2O/c1-20-16-6-7-17-13(10-16)8-9-19(17)12-15-5-3-2-4-14(15)11-18/h2-10H,12H2,1H3. The maximum Gasteiger partial charge on any atom is 0.119 e. The van der Waals surface area contributed by atoms with Crippen molar-refractivity contribution < 1.29 is 4.74 Å². The van der Waals surface area contributed by atoms with Crippen molar-refractivity contribution in [1.29, 1.82) is 5.26 Å². The summed E-state index contributed by atoms with van der Waals surface area (Å²) in [6, 6.07) is 18.0. The van der Waals surface area contributed by atoms with Crippen molar-refractivity contribution in [2.45, 2.75) is 6.54 Å². The number of hydrogen-bond acceptors (Lipinski definition) is 2. The summed E-state index contributed by atoms with van der Waals surface area (Å²) in [5.41, 5.74) is 2.89. The molecule has 0 radical (unpaired) electrons. The van der Waals surface area contributed by atoms with E-state index < -0.39 is 0 Å². The summed E-state index contributed by atoms with van der Waals surface area (Å²) in [5.74, 6) is 0.854. The van der Waals surface area contributed by atoms with Crippen LogP contribution in [0.5, 0.6) is 5.75 Å². The van der Waals surface area contributed by atoms with Gasteiger partial charge in [0, 0.05) is 23.6 Å². The molecule has 0 saturated heterocycles. The molecule has 0 aliphatic rings. The fourth-order valence-electron chi connectivity index (χ4n) is 2.39. The molecule has 1 heterocycles. The summed E-state index contributed by atoms with van der Waals surface area (Å²) in [7, 11) is 1.67. The summed E-state index contributed by atoms with van der Waals surface area (Å²) in [4.78, 5) is 0. The van der Waals surface area contributed by atoms with Gasteiger partial charge in [-0.25, -0.2) is 0 Å². The van der Waals surface area contributed by atoms with Gasteiger partial charge in [-0.05, 0) is 35.9 Å². The molecule has 20 heavy (non-hydrogen) atoms. The van der Waals surface area contributed by atoms with Gasteiger partial charge in [-0.15, -0.1) is 0 Å². The van der Waals surface area contributed by atoms with Crippen LogP contribution in [-0.4, -0.2) is 11.7 Å². The molecule has 2 aromatic carbocycles. The summed E-state index contributed by atoms with van der Waals surface area (Å²) < 4.78 is 7.38. The lowest BCUT2D eigenvalue weighted by molar-refractivity contribution is 0.415. The number of ether oxygens (including phenoxy) is 1. The van der Waals surface area contributed by atoms with E-state index in [1.165, 1.54) is 0 Å². The zero-order chi connectivity index (χ0) is 13.9.